The summed E-state index contributed by atoms with van der Waals surface area (Å²) in [6.07, 6.45) is 0. The van der Waals surface area contributed by atoms with Crippen molar-refractivity contribution in [2.75, 3.05) is 5.32 Å². The van der Waals surface area contributed by atoms with Crippen LogP contribution in [0.1, 0.15) is 0 Å². The van der Waals surface area contributed by atoms with Crippen molar-refractivity contribution in [2.45, 2.75) is 0 Å². The highest BCUT2D eigenvalue weighted by molar-refractivity contribution is 7.26. The number of nitrogens with one attached hydrogen (secondary N) is 1. The van der Waals surface area contributed by atoms with Gasteiger partial charge in [0.2, 0.25) is 0 Å². The second-order valence-electron chi connectivity index (χ2n) is 15.2. The topological polar surface area (TPSA) is 50.7 Å². The van der Waals surface area contributed by atoms with Crippen LogP contribution in [-0.4, -0.2) is 15.0 Å². The Kier molecular flexibility index (Phi) is 9.69. The van der Waals surface area contributed by atoms with Crippen LogP contribution < -0.4 is 5.32 Å². The lowest BCUT2D eigenvalue weighted by Gasteiger charge is -2.16. The first-order valence-electron chi connectivity index (χ1n) is 20.8. The third-order valence-electron chi connectivity index (χ3n) is 11.4. The molecule has 0 aliphatic carbocycles. The summed E-state index contributed by atoms with van der Waals surface area (Å²) in [5.41, 5.74) is 13.9. The standard InChI is InChI=1S/C57H38N4S/c1-5-18-38(19-6-1)44-26-13-14-27-45(44)41-32-34-46(49(36-41)57-60-55(39-20-7-2-8-21-39)59-56(61-57)40-22-9-3-10-23-40)42-33-35-52-50(37-42)54-48(29-17-31-53(54)62-52)47-28-15-16-30-51(47)58-43-24-11-4-12-25-43/h1-37,58H. The van der Waals surface area contributed by atoms with E-state index in [1.165, 1.54) is 25.7 Å². The van der Waals surface area contributed by atoms with Crippen LogP contribution in [0.4, 0.5) is 11.4 Å². The predicted molar refractivity (Wildman–Crippen MR) is 260 cm³/mol. The van der Waals surface area contributed by atoms with Crippen molar-refractivity contribution in [2.24, 2.45) is 0 Å². The minimum atomic E-state index is 0.614. The second kappa shape index (κ2) is 16.2. The lowest BCUT2D eigenvalue weighted by molar-refractivity contribution is 1.07. The van der Waals surface area contributed by atoms with Crippen molar-refractivity contribution in [1.29, 1.82) is 0 Å². The van der Waals surface area contributed by atoms with Crippen molar-refractivity contribution in [3.63, 3.8) is 0 Å². The van der Waals surface area contributed by atoms with Gasteiger partial charge >= 0.3 is 0 Å². The third kappa shape index (κ3) is 7.11. The Balaban J connectivity index is 1.13. The van der Waals surface area contributed by atoms with E-state index in [4.69, 9.17) is 15.0 Å². The number of thiophene rings is 1. The zero-order valence-electron chi connectivity index (χ0n) is 33.6. The van der Waals surface area contributed by atoms with Gasteiger partial charge in [0, 0.05) is 53.8 Å². The summed E-state index contributed by atoms with van der Waals surface area (Å²) in [5.74, 6) is 1.87. The normalized spacial score (nSPS) is 11.2. The number of benzene rings is 9. The van der Waals surface area contributed by atoms with Crippen molar-refractivity contribution in [3.8, 4) is 78.7 Å². The monoisotopic (exact) mass is 810 g/mol. The first-order chi connectivity index (χ1) is 30.7. The molecule has 1 N–H and O–H groups in total. The zero-order chi connectivity index (χ0) is 41.2. The molecule has 0 spiro atoms. The number of nitrogens with zero attached hydrogens (tertiary/aromatic N) is 3. The Bertz CT molecular complexity index is 3310. The number of fused-ring (bicyclic) bond motifs is 3. The van der Waals surface area contributed by atoms with Gasteiger partial charge in [-0.05, 0) is 81.4 Å². The summed E-state index contributed by atoms with van der Waals surface area (Å²) in [6.45, 7) is 0. The van der Waals surface area contributed by atoms with Crippen LogP contribution in [-0.2, 0) is 0 Å². The molecule has 0 aliphatic rings. The van der Waals surface area contributed by atoms with E-state index in [2.05, 4.69) is 187 Å². The van der Waals surface area contributed by atoms with Crippen molar-refractivity contribution < 1.29 is 0 Å². The highest BCUT2D eigenvalue weighted by Crippen LogP contribution is 2.45. The average Bonchev–Trinajstić information content (AvgIpc) is 3.73. The Morgan fingerprint density at radius 2 is 0.806 bits per heavy atom. The van der Waals surface area contributed by atoms with Crippen LogP contribution in [0.25, 0.3) is 98.8 Å². The van der Waals surface area contributed by atoms with Gasteiger partial charge in [-0.1, -0.05) is 182 Å². The van der Waals surface area contributed by atoms with Gasteiger partial charge in [0.05, 0.1) is 0 Å². The first kappa shape index (κ1) is 37.0. The molecule has 0 bridgehead atoms. The fraction of sp³-hybridized carbons (Fsp3) is 0. The first-order valence-corrected chi connectivity index (χ1v) is 21.6. The minimum Gasteiger partial charge on any atom is -0.355 e. The van der Waals surface area contributed by atoms with E-state index in [9.17, 15) is 0 Å². The smallest absolute Gasteiger partial charge is 0.164 e. The summed E-state index contributed by atoms with van der Waals surface area (Å²) in [7, 11) is 0. The van der Waals surface area contributed by atoms with Gasteiger partial charge < -0.3 is 5.32 Å². The molecule has 11 aromatic rings. The van der Waals surface area contributed by atoms with Crippen LogP contribution in [0.2, 0.25) is 0 Å². The maximum absolute atomic E-state index is 5.27. The molecule has 2 aromatic heterocycles. The number of para-hydroxylation sites is 2. The Hall–Kier alpha value is -7.99. The van der Waals surface area contributed by atoms with Gasteiger partial charge in [0.1, 0.15) is 0 Å². The molecule has 0 unspecified atom stereocenters. The maximum atomic E-state index is 5.27. The predicted octanol–water partition coefficient (Wildman–Crippen LogP) is 15.7. The highest BCUT2D eigenvalue weighted by Gasteiger charge is 2.20. The fourth-order valence-corrected chi connectivity index (χ4v) is 9.52. The lowest BCUT2D eigenvalue weighted by Crippen LogP contribution is -2.01. The molecule has 2 heterocycles. The van der Waals surface area contributed by atoms with E-state index < -0.39 is 0 Å². The number of anilines is 2. The molecule has 0 aliphatic heterocycles. The van der Waals surface area contributed by atoms with Crippen molar-refractivity contribution in [1.82, 2.24) is 15.0 Å². The van der Waals surface area contributed by atoms with Gasteiger partial charge in [-0.25, -0.2) is 15.0 Å². The summed E-state index contributed by atoms with van der Waals surface area (Å²) in [6, 6.07) is 78.8. The molecule has 292 valence electrons. The Labute approximate surface area is 364 Å². The van der Waals surface area contributed by atoms with Gasteiger partial charge in [0.25, 0.3) is 0 Å². The van der Waals surface area contributed by atoms with Crippen LogP contribution >= 0.6 is 11.3 Å². The quantitative estimate of drug-likeness (QED) is 0.158. The van der Waals surface area contributed by atoms with Crippen LogP contribution in [0.15, 0.2) is 224 Å². The number of hydrogen-bond donors (Lipinski definition) is 1. The Morgan fingerprint density at radius 3 is 1.48 bits per heavy atom. The van der Waals surface area contributed by atoms with Crippen LogP contribution in [0, 0.1) is 0 Å². The average molecular weight is 811 g/mol. The molecule has 0 radical (unpaired) electrons. The van der Waals surface area contributed by atoms with Crippen molar-refractivity contribution in [3.05, 3.63) is 224 Å². The molecule has 9 aromatic carbocycles. The van der Waals surface area contributed by atoms with Crippen molar-refractivity contribution >= 4 is 42.9 Å². The number of rotatable bonds is 9. The van der Waals surface area contributed by atoms with Gasteiger partial charge in [-0.15, -0.1) is 11.3 Å². The molecule has 0 saturated carbocycles. The summed E-state index contributed by atoms with van der Waals surface area (Å²) >= 11 is 1.83. The molecular formula is C57H38N4S. The minimum absolute atomic E-state index is 0.614. The van der Waals surface area contributed by atoms with E-state index in [1.807, 2.05) is 53.8 Å². The SMILES string of the molecule is c1ccc(Nc2ccccc2-c2cccc3sc4ccc(-c5ccc(-c6ccccc6-c6ccccc6)cc5-c5nc(-c6ccccc6)nc(-c6ccccc6)n5)cc4c23)cc1. The molecule has 0 saturated heterocycles. The number of hydrogen-bond acceptors (Lipinski definition) is 5. The highest BCUT2D eigenvalue weighted by atomic mass is 32.1. The van der Waals surface area contributed by atoms with Crippen LogP contribution in [0.5, 0.6) is 0 Å². The second-order valence-corrected chi connectivity index (χ2v) is 16.3. The largest absolute Gasteiger partial charge is 0.355 e. The maximum Gasteiger partial charge on any atom is 0.164 e. The lowest BCUT2D eigenvalue weighted by atomic mass is 9.90. The van der Waals surface area contributed by atoms with Gasteiger partial charge in [-0.2, -0.15) is 0 Å². The van der Waals surface area contributed by atoms with Crippen LogP contribution in [0.3, 0.4) is 0 Å². The van der Waals surface area contributed by atoms with E-state index in [0.29, 0.717) is 17.5 Å². The van der Waals surface area contributed by atoms with E-state index in [-0.39, 0.29) is 0 Å². The van der Waals surface area contributed by atoms with E-state index in [0.717, 1.165) is 67.0 Å². The van der Waals surface area contributed by atoms with E-state index >= 15 is 0 Å². The number of aromatic nitrogens is 3. The summed E-state index contributed by atoms with van der Waals surface area (Å²) in [5, 5.41) is 6.14. The molecule has 4 nitrogen and oxygen atoms in total. The molecule has 11 rings (SSSR count). The Morgan fingerprint density at radius 1 is 0.306 bits per heavy atom. The molecule has 5 heteroatoms. The fourth-order valence-electron chi connectivity index (χ4n) is 8.40. The summed E-state index contributed by atoms with van der Waals surface area (Å²) in [4.78, 5) is 15.6. The third-order valence-corrected chi connectivity index (χ3v) is 12.5. The molecule has 0 amide bonds. The molecule has 62 heavy (non-hydrogen) atoms. The van der Waals surface area contributed by atoms with E-state index in [1.54, 1.807) is 0 Å². The molecular weight excluding hydrogens is 773 g/mol. The molecule has 0 fully saturated rings. The zero-order valence-corrected chi connectivity index (χ0v) is 34.4. The summed E-state index contributed by atoms with van der Waals surface area (Å²) < 4.78 is 2.48. The van der Waals surface area contributed by atoms with Gasteiger partial charge in [-0.3, -0.25) is 0 Å². The molecule has 0 atom stereocenters. The van der Waals surface area contributed by atoms with Gasteiger partial charge in [0.15, 0.2) is 17.5 Å².